The van der Waals surface area contributed by atoms with Gasteiger partial charge in [-0.05, 0) is 56.7 Å². The molecule has 2 atom stereocenters. The van der Waals surface area contributed by atoms with Gasteiger partial charge in [0.15, 0.2) is 0 Å². The van der Waals surface area contributed by atoms with Gasteiger partial charge in [-0.3, -0.25) is 0 Å². The molecule has 0 aliphatic carbocycles. The van der Waals surface area contributed by atoms with E-state index in [-0.39, 0.29) is 0 Å². The monoisotopic (exact) mass is 312 g/mol. The molecule has 0 saturated carbocycles. The highest BCUT2D eigenvalue weighted by molar-refractivity contribution is 5.90. The van der Waals surface area contributed by atoms with Gasteiger partial charge in [0.25, 0.3) is 0 Å². The molecule has 0 aliphatic heterocycles. The van der Waals surface area contributed by atoms with Crippen LogP contribution < -0.4 is 10.6 Å². The Morgan fingerprint density at radius 3 is 2.13 bits per heavy atom. The lowest BCUT2D eigenvalue weighted by Crippen LogP contribution is -2.40. The second kappa shape index (κ2) is 5.64. The fourth-order valence-corrected chi connectivity index (χ4v) is 2.74. The second-order valence-electron chi connectivity index (χ2n) is 5.77. The van der Waals surface area contributed by atoms with Gasteiger partial charge >= 0.3 is 0 Å². The molecule has 0 fully saturated rings. The van der Waals surface area contributed by atoms with E-state index in [0.717, 1.165) is 22.1 Å². The van der Waals surface area contributed by atoms with Gasteiger partial charge in [0.2, 0.25) is 0 Å². The summed E-state index contributed by atoms with van der Waals surface area (Å²) >= 11 is 0. The first-order valence-electron chi connectivity index (χ1n) is 7.49. The van der Waals surface area contributed by atoms with Gasteiger partial charge in [0.1, 0.15) is 12.5 Å². The Kier molecular flexibility index (Phi) is 3.79. The summed E-state index contributed by atoms with van der Waals surface area (Å²) in [5.74, 6) is 0. The molecule has 2 aromatic carbocycles. The molecular weight excluding hydrogens is 292 g/mol. The number of aliphatic hydroxyl groups excluding tert-OH is 2. The Morgan fingerprint density at radius 1 is 0.913 bits per heavy atom. The number of aromatic nitrogens is 2. The van der Waals surface area contributed by atoms with Crippen LogP contribution in [-0.2, 0) is 0 Å². The van der Waals surface area contributed by atoms with Crippen LogP contribution in [-0.4, -0.2) is 32.6 Å². The minimum absolute atomic E-state index is 0.677. The fourth-order valence-electron chi connectivity index (χ4n) is 2.74. The summed E-state index contributed by atoms with van der Waals surface area (Å²) in [5.41, 5.74) is 11.2. The predicted molar refractivity (Wildman–Crippen MR) is 92.0 cm³/mol. The molecule has 2 unspecified atom stereocenters. The zero-order chi connectivity index (χ0) is 16.7. The fraction of sp³-hybridized carbons (Fsp3) is 0.294. The van der Waals surface area contributed by atoms with Crippen molar-refractivity contribution in [1.29, 1.82) is 0 Å². The number of nitrogens with two attached hydrogens (primary N) is 1. The van der Waals surface area contributed by atoms with E-state index in [1.54, 1.807) is 19.9 Å². The molecule has 3 aromatic rings. The van der Waals surface area contributed by atoms with Crippen molar-refractivity contribution in [3.8, 4) is 0 Å². The molecule has 23 heavy (non-hydrogen) atoms. The largest absolute Gasteiger partial charge is 0.398 e. The van der Waals surface area contributed by atoms with E-state index >= 15 is 0 Å². The number of rotatable bonds is 3. The maximum atomic E-state index is 9.86. The number of fused-ring (bicyclic) bond motifs is 2. The molecule has 0 spiro atoms. The lowest BCUT2D eigenvalue weighted by molar-refractivity contribution is 0.105. The van der Waals surface area contributed by atoms with Crippen LogP contribution in [0.4, 0.5) is 11.4 Å². The number of hydrogen-bond acceptors (Lipinski definition) is 6. The Bertz CT molecular complexity index is 869. The van der Waals surface area contributed by atoms with Crippen molar-refractivity contribution in [2.75, 3.05) is 10.6 Å². The first-order chi connectivity index (χ1) is 10.9. The van der Waals surface area contributed by atoms with Crippen molar-refractivity contribution in [3.05, 3.63) is 35.9 Å². The van der Waals surface area contributed by atoms with Crippen LogP contribution >= 0.6 is 0 Å². The van der Waals surface area contributed by atoms with Gasteiger partial charge in [0.05, 0.1) is 22.1 Å². The first kappa shape index (κ1) is 15.5. The van der Waals surface area contributed by atoms with E-state index < -0.39 is 12.5 Å². The number of anilines is 2. The van der Waals surface area contributed by atoms with E-state index in [0.29, 0.717) is 16.9 Å². The first-order valence-corrected chi connectivity index (χ1v) is 7.49. The predicted octanol–water partition coefficient (Wildman–Crippen LogP) is 2.16. The maximum Gasteiger partial charge on any atom is 0.126 e. The molecule has 0 saturated heterocycles. The van der Waals surface area contributed by atoms with Crippen LogP contribution in [0, 0.1) is 6.92 Å². The molecule has 4 N–H and O–H groups in total. The quantitative estimate of drug-likeness (QED) is 0.390. The summed E-state index contributed by atoms with van der Waals surface area (Å²) in [6.07, 6.45) is -1.64. The molecule has 0 aliphatic rings. The van der Waals surface area contributed by atoms with Crippen LogP contribution in [0.2, 0.25) is 0 Å². The molecule has 3 rings (SSSR count). The molecule has 0 radical (unpaired) electrons. The lowest BCUT2D eigenvalue weighted by Gasteiger charge is -2.30. The Labute approximate surface area is 134 Å². The highest BCUT2D eigenvalue weighted by Gasteiger charge is 2.17. The summed E-state index contributed by atoms with van der Waals surface area (Å²) in [6.45, 7) is 5.14. The van der Waals surface area contributed by atoms with Crippen LogP contribution in [0.25, 0.3) is 22.1 Å². The van der Waals surface area contributed by atoms with E-state index in [1.807, 2.05) is 31.2 Å². The molecule has 6 nitrogen and oxygen atoms in total. The van der Waals surface area contributed by atoms with Gasteiger partial charge in [-0.25, -0.2) is 9.97 Å². The van der Waals surface area contributed by atoms with E-state index in [9.17, 15) is 10.2 Å². The lowest BCUT2D eigenvalue weighted by atomic mass is 10.1. The Balaban J connectivity index is 2.19. The minimum atomic E-state index is -0.820. The van der Waals surface area contributed by atoms with Crippen molar-refractivity contribution in [2.45, 2.75) is 33.2 Å². The van der Waals surface area contributed by atoms with Crippen LogP contribution in [0.15, 0.2) is 30.3 Å². The highest BCUT2D eigenvalue weighted by atomic mass is 16.3. The number of aryl methyl sites for hydroxylation is 1. The minimum Gasteiger partial charge on any atom is -0.398 e. The maximum absolute atomic E-state index is 9.86. The molecule has 0 amide bonds. The van der Waals surface area contributed by atoms with E-state index in [1.165, 1.54) is 4.90 Å². The van der Waals surface area contributed by atoms with Crippen molar-refractivity contribution in [3.63, 3.8) is 0 Å². The summed E-state index contributed by atoms with van der Waals surface area (Å²) < 4.78 is 0. The van der Waals surface area contributed by atoms with Gasteiger partial charge in [-0.2, -0.15) is 0 Å². The van der Waals surface area contributed by atoms with Crippen LogP contribution in [0.3, 0.4) is 0 Å². The van der Waals surface area contributed by atoms with Crippen LogP contribution in [0.1, 0.15) is 19.4 Å². The van der Waals surface area contributed by atoms with Gasteiger partial charge in [-0.1, -0.05) is 0 Å². The number of aliphatic hydroxyl groups is 2. The second-order valence-corrected chi connectivity index (χ2v) is 5.77. The summed E-state index contributed by atoms with van der Waals surface area (Å²) in [4.78, 5) is 10.7. The average molecular weight is 312 g/mol. The Hall–Kier alpha value is -2.44. The van der Waals surface area contributed by atoms with Crippen LogP contribution in [0.5, 0.6) is 0 Å². The Morgan fingerprint density at radius 2 is 1.48 bits per heavy atom. The number of nitrogens with zero attached hydrogens (tertiary/aromatic N) is 3. The topological polar surface area (TPSA) is 95.5 Å². The standard InChI is InChI=1S/C17H20N4O2/c1-9-6-15-17(8-13(9)18)20-16-7-12(4-5-14(16)19-15)21(10(2)22)11(3)23/h4-8,10-11,22-23H,18H2,1-3H3. The number of benzene rings is 2. The summed E-state index contributed by atoms with van der Waals surface area (Å²) in [5, 5.41) is 19.7. The molecular formula is C17H20N4O2. The normalized spacial score (nSPS) is 14.1. The smallest absolute Gasteiger partial charge is 0.126 e. The van der Waals surface area contributed by atoms with Gasteiger partial charge in [-0.15, -0.1) is 0 Å². The van der Waals surface area contributed by atoms with Gasteiger partial charge in [0, 0.05) is 11.4 Å². The average Bonchev–Trinajstić information content (AvgIpc) is 2.46. The third kappa shape index (κ3) is 2.78. The van der Waals surface area contributed by atoms with Crippen molar-refractivity contribution in [2.24, 2.45) is 0 Å². The number of hydrogen-bond donors (Lipinski definition) is 3. The molecule has 1 aromatic heterocycles. The van der Waals surface area contributed by atoms with Gasteiger partial charge < -0.3 is 20.8 Å². The molecule has 120 valence electrons. The van der Waals surface area contributed by atoms with Crippen molar-refractivity contribution >= 4 is 33.4 Å². The molecule has 6 heteroatoms. The molecule has 1 heterocycles. The zero-order valence-electron chi connectivity index (χ0n) is 13.4. The summed E-state index contributed by atoms with van der Waals surface area (Å²) in [6, 6.07) is 9.18. The van der Waals surface area contributed by atoms with E-state index in [4.69, 9.17) is 5.73 Å². The third-order valence-corrected chi connectivity index (χ3v) is 3.91. The third-order valence-electron chi connectivity index (χ3n) is 3.91. The number of nitrogen functional groups attached to an aromatic ring is 1. The summed E-state index contributed by atoms with van der Waals surface area (Å²) in [7, 11) is 0. The SMILES string of the molecule is Cc1cc2nc3ccc(N(C(C)O)C(C)O)cc3nc2cc1N. The van der Waals surface area contributed by atoms with Crippen molar-refractivity contribution in [1.82, 2.24) is 9.97 Å². The molecule has 0 bridgehead atoms. The van der Waals surface area contributed by atoms with Crippen molar-refractivity contribution < 1.29 is 10.2 Å². The highest BCUT2D eigenvalue weighted by Crippen LogP contribution is 2.26. The zero-order valence-corrected chi connectivity index (χ0v) is 13.4. The van der Waals surface area contributed by atoms with E-state index in [2.05, 4.69) is 9.97 Å².